The Labute approximate surface area is 124 Å². The molecule has 1 aliphatic rings. The predicted molar refractivity (Wildman–Crippen MR) is 81.5 cm³/mol. The first kappa shape index (κ1) is 15.3. The topological polar surface area (TPSA) is 75.5 Å². The van der Waals surface area contributed by atoms with E-state index in [1.165, 1.54) is 6.07 Å². The van der Waals surface area contributed by atoms with Crippen molar-refractivity contribution < 1.29 is 9.72 Å². The zero-order valence-electron chi connectivity index (χ0n) is 12.6. The van der Waals surface area contributed by atoms with Crippen molar-refractivity contribution in [2.45, 2.75) is 32.7 Å². The van der Waals surface area contributed by atoms with Gasteiger partial charge in [-0.15, -0.1) is 0 Å². The molecule has 0 heterocycles. The van der Waals surface area contributed by atoms with E-state index < -0.39 is 4.92 Å². The average molecular weight is 291 g/mol. The lowest BCUT2D eigenvalue weighted by atomic mass is 10.1. The van der Waals surface area contributed by atoms with Crippen molar-refractivity contribution in [2.24, 2.45) is 5.92 Å². The molecule has 1 saturated carbocycles. The van der Waals surface area contributed by atoms with Crippen LogP contribution in [0.15, 0.2) is 18.2 Å². The standard InChI is InChI=1S/C15H21N3O3/c1-10(2)17(9-11-7-8-11)15(19)12-5-4-6-13(16-3)14(12)18(20)21/h4-6,10-11,16H,7-9H2,1-3H3. The molecule has 0 aliphatic heterocycles. The number of anilines is 1. The number of nitrogens with one attached hydrogen (secondary N) is 1. The number of para-hydroxylation sites is 1. The van der Waals surface area contributed by atoms with Crippen LogP contribution < -0.4 is 5.32 Å². The minimum atomic E-state index is -0.491. The van der Waals surface area contributed by atoms with E-state index in [0.29, 0.717) is 18.2 Å². The van der Waals surface area contributed by atoms with Gasteiger partial charge in [0.15, 0.2) is 0 Å². The van der Waals surface area contributed by atoms with Gasteiger partial charge in [-0.25, -0.2) is 0 Å². The smallest absolute Gasteiger partial charge is 0.305 e. The molecule has 0 aromatic heterocycles. The third-order valence-corrected chi connectivity index (χ3v) is 3.75. The first-order valence-corrected chi connectivity index (χ1v) is 7.21. The summed E-state index contributed by atoms with van der Waals surface area (Å²) < 4.78 is 0. The number of benzene rings is 1. The fraction of sp³-hybridized carbons (Fsp3) is 0.533. The van der Waals surface area contributed by atoms with E-state index in [2.05, 4.69) is 5.32 Å². The van der Waals surface area contributed by atoms with Crippen molar-refractivity contribution in [3.63, 3.8) is 0 Å². The third-order valence-electron chi connectivity index (χ3n) is 3.75. The number of nitro groups is 1. The summed E-state index contributed by atoms with van der Waals surface area (Å²) in [6.07, 6.45) is 2.27. The van der Waals surface area contributed by atoms with E-state index in [1.807, 2.05) is 13.8 Å². The van der Waals surface area contributed by atoms with Gasteiger partial charge in [0.25, 0.3) is 5.91 Å². The van der Waals surface area contributed by atoms with Gasteiger partial charge >= 0.3 is 5.69 Å². The lowest BCUT2D eigenvalue weighted by Gasteiger charge is -2.27. The Hall–Kier alpha value is -2.11. The number of hydrogen-bond donors (Lipinski definition) is 1. The van der Waals surface area contributed by atoms with Gasteiger partial charge in [0.2, 0.25) is 0 Å². The number of carbonyl (C=O) groups is 1. The number of amides is 1. The Bertz CT molecular complexity index is 553. The summed E-state index contributed by atoms with van der Waals surface area (Å²) >= 11 is 0. The first-order chi connectivity index (χ1) is 9.95. The highest BCUT2D eigenvalue weighted by molar-refractivity contribution is 6.00. The van der Waals surface area contributed by atoms with Crippen molar-refractivity contribution in [1.82, 2.24) is 4.90 Å². The molecule has 1 N–H and O–H groups in total. The number of rotatable bonds is 6. The molecule has 0 saturated heterocycles. The lowest BCUT2D eigenvalue weighted by Crippen LogP contribution is -2.38. The van der Waals surface area contributed by atoms with E-state index in [9.17, 15) is 14.9 Å². The fourth-order valence-electron chi connectivity index (χ4n) is 2.38. The second kappa shape index (κ2) is 6.11. The zero-order chi connectivity index (χ0) is 15.6. The number of nitrogens with zero attached hydrogens (tertiary/aromatic N) is 2. The monoisotopic (exact) mass is 291 g/mol. The molecule has 6 heteroatoms. The highest BCUT2D eigenvalue weighted by Gasteiger charge is 2.32. The fourth-order valence-corrected chi connectivity index (χ4v) is 2.38. The molecule has 0 radical (unpaired) electrons. The Morgan fingerprint density at radius 2 is 2.14 bits per heavy atom. The molecule has 1 amide bonds. The second-order valence-electron chi connectivity index (χ2n) is 5.70. The van der Waals surface area contributed by atoms with Crippen molar-refractivity contribution in [3.8, 4) is 0 Å². The quantitative estimate of drug-likeness (QED) is 0.646. The average Bonchev–Trinajstić information content (AvgIpc) is 3.26. The molecule has 2 rings (SSSR count). The van der Waals surface area contributed by atoms with Gasteiger partial charge in [-0.05, 0) is 44.7 Å². The number of nitro benzene ring substituents is 1. The maximum Gasteiger partial charge on any atom is 0.305 e. The minimum Gasteiger partial charge on any atom is -0.383 e. The molecule has 1 aromatic carbocycles. The van der Waals surface area contributed by atoms with Crippen LogP contribution in [0.2, 0.25) is 0 Å². The van der Waals surface area contributed by atoms with Gasteiger partial charge in [0.1, 0.15) is 11.3 Å². The van der Waals surface area contributed by atoms with Gasteiger partial charge in [-0.2, -0.15) is 0 Å². The van der Waals surface area contributed by atoms with Crippen LogP contribution in [0.5, 0.6) is 0 Å². The third kappa shape index (κ3) is 3.32. The van der Waals surface area contributed by atoms with Crippen LogP contribution >= 0.6 is 0 Å². The second-order valence-corrected chi connectivity index (χ2v) is 5.70. The summed E-state index contributed by atoms with van der Waals surface area (Å²) in [5.74, 6) is 0.281. The molecule has 21 heavy (non-hydrogen) atoms. The number of carbonyl (C=O) groups excluding carboxylic acids is 1. The van der Waals surface area contributed by atoms with Crippen LogP contribution in [0.25, 0.3) is 0 Å². The van der Waals surface area contributed by atoms with Crippen LogP contribution in [-0.2, 0) is 0 Å². The molecule has 1 aliphatic carbocycles. The Kier molecular flexibility index (Phi) is 4.45. The molecule has 0 unspecified atom stereocenters. The van der Waals surface area contributed by atoms with Crippen molar-refractivity contribution in [3.05, 3.63) is 33.9 Å². The summed E-state index contributed by atoms with van der Waals surface area (Å²) in [5.41, 5.74) is 0.369. The SMILES string of the molecule is CNc1cccc(C(=O)N(CC2CC2)C(C)C)c1[N+](=O)[O-]. The van der Waals surface area contributed by atoms with Gasteiger partial charge in [-0.1, -0.05) is 6.07 Å². The molecule has 0 bridgehead atoms. The first-order valence-electron chi connectivity index (χ1n) is 7.21. The normalized spacial score (nSPS) is 14.1. The summed E-state index contributed by atoms with van der Waals surface area (Å²) in [7, 11) is 1.61. The lowest BCUT2D eigenvalue weighted by molar-refractivity contribution is -0.384. The molecular formula is C15H21N3O3. The van der Waals surface area contributed by atoms with Crippen LogP contribution in [-0.4, -0.2) is 35.4 Å². The van der Waals surface area contributed by atoms with Crippen LogP contribution in [0.4, 0.5) is 11.4 Å². The van der Waals surface area contributed by atoms with Gasteiger partial charge in [0.05, 0.1) is 4.92 Å². The number of hydrogen-bond acceptors (Lipinski definition) is 4. The molecule has 0 atom stereocenters. The van der Waals surface area contributed by atoms with Crippen molar-refractivity contribution in [2.75, 3.05) is 18.9 Å². The Morgan fingerprint density at radius 1 is 1.48 bits per heavy atom. The highest BCUT2D eigenvalue weighted by atomic mass is 16.6. The Morgan fingerprint density at radius 3 is 2.62 bits per heavy atom. The zero-order valence-corrected chi connectivity index (χ0v) is 12.6. The van der Waals surface area contributed by atoms with Gasteiger partial charge < -0.3 is 10.2 Å². The molecule has 1 aromatic rings. The summed E-state index contributed by atoms with van der Waals surface area (Å²) in [6.45, 7) is 4.56. The summed E-state index contributed by atoms with van der Waals surface area (Å²) in [4.78, 5) is 25.3. The van der Waals surface area contributed by atoms with E-state index in [-0.39, 0.29) is 23.2 Å². The summed E-state index contributed by atoms with van der Waals surface area (Å²) in [6, 6.07) is 4.83. The van der Waals surface area contributed by atoms with Crippen LogP contribution in [0, 0.1) is 16.0 Å². The van der Waals surface area contributed by atoms with Crippen molar-refractivity contribution >= 4 is 17.3 Å². The molecule has 1 fully saturated rings. The molecule has 6 nitrogen and oxygen atoms in total. The van der Waals surface area contributed by atoms with E-state index in [0.717, 1.165) is 12.8 Å². The molecule has 0 spiro atoms. The van der Waals surface area contributed by atoms with Gasteiger partial charge in [0, 0.05) is 19.6 Å². The largest absolute Gasteiger partial charge is 0.383 e. The molecular weight excluding hydrogens is 270 g/mol. The van der Waals surface area contributed by atoms with Crippen LogP contribution in [0.1, 0.15) is 37.0 Å². The minimum absolute atomic E-state index is 0.0240. The maximum atomic E-state index is 12.7. The van der Waals surface area contributed by atoms with Gasteiger partial charge in [-0.3, -0.25) is 14.9 Å². The highest BCUT2D eigenvalue weighted by Crippen LogP contribution is 2.33. The van der Waals surface area contributed by atoms with E-state index in [4.69, 9.17) is 0 Å². The predicted octanol–water partition coefficient (Wildman–Crippen LogP) is 2.90. The van der Waals surface area contributed by atoms with E-state index >= 15 is 0 Å². The van der Waals surface area contributed by atoms with Crippen LogP contribution in [0.3, 0.4) is 0 Å². The molecule has 114 valence electrons. The summed E-state index contributed by atoms with van der Waals surface area (Å²) in [5, 5.41) is 14.1. The Balaban J connectivity index is 2.38. The van der Waals surface area contributed by atoms with Crippen molar-refractivity contribution in [1.29, 1.82) is 0 Å². The van der Waals surface area contributed by atoms with E-state index in [1.54, 1.807) is 24.1 Å². The maximum absolute atomic E-state index is 12.7.